The van der Waals surface area contributed by atoms with Gasteiger partial charge in [0.05, 0.1) is 22.5 Å². The van der Waals surface area contributed by atoms with Crippen molar-refractivity contribution in [3.8, 4) is 0 Å². The van der Waals surface area contributed by atoms with Crippen LogP contribution >= 0.6 is 22.9 Å². The zero-order valence-corrected chi connectivity index (χ0v) is 11.8. The summed E-state index contributed by atoms with van der Waals surface area (Å²) in [6.07, 6.45) is 3.91. The standard InChI is InChI=1S/C12H10ClN5OS/c13-12-17-8-3-5-20-10(8)9(18-12)11(19)16-6-7(15)2-1-4-14/h1-5,14-15H,6H2,(H,16,19)/b2-1-,14-4?,15-7?. The molecule has 8 heteroatoms. The molecule has 0 saturated carbocycles. The van der Waals surface area contributed by atoms with Crippen LogP contribution in [-0.4, -0.2) is 34.3 Å². The third kappa shape index (κ3) is 3.25. The van der Waals surface area contributed by atoms with Crippen LogP contribution in [0.15, 0.2) is 23.6 Å². The number of amides is 1. The summed E-state index contributed by atoms with van der Waals surface area (Å²) < 4.78 is 0.661. The number of thiophene rings is 1. The minimum absolute atomic E-state index is 0.0137. The fraction of sp³-hybridized carbons (Fsp3) is 0.0833. The molecule has 0 aliphatic heterocycles. The number of carbonyl (C=O) groups is 1. The van der Waals surface area contributed by atoms with Crippen molar-refractivity contribution in [2.45, 2.75) is 0 Å². The van der Waals surface area contributed by atoms with Crippen LogP contribution in [0.4, 0.5) is 0 Å². The molecule has 0 aromatic carbocycles. The molecule has 0 spiro atoms. The highest BCUT2D eigenvalue weighted by Crippen LogP contribution is 2.23. The Labute approximate surface area is 123 Å². The fourth-order valence-electron chi connectivity index (χ4n) is 1.47. The quantitative estimate of drug-likeness (QED) is 0.583. The first-order valence-corrected chi connectivity index (χ1v) is 6.81. The normalized spacial score (nSPS) is 10.8. The van der Waals surface area contributed by atoms with Gasteiger partial charge in [0, 0.05) is 6.21 Å². The number of rotatable bonds is 5. The number of nitrogens with one attached hydrogen (secondary N) is 3. The van der Waals surface area contributed by atoms with Crippen LogP contribution in [0.1, 0.15) is 10.5 Å². The first-order valence-electron chi connectivity index (χ1n) is 5.55. The van der Waals surface area contributed by atoms with E-state index in [1.807, 2.05) is 0 Å². The SMILES string of the molecule is N=C/C=C\C(=N)CNC(=O)c1nc(Cl)nc2ccsc12. The van der Waals surface area contributed by atoms with Gasteiger partial charge in [-0.05, 0) is 35.2 Å². The highest BCUT2D eigenvalue weighted by atomic mass is 35.5. The van der Waals surface area contributed by atoms with E-state index in [1.165, 1.54) is 23.5 Å². The smallest absolute Gasteiger partial charge is 0.271 e. The lowest BCUT2D eigenvalue weighted by atomic mass is 10.3. The summed E-state index contributed by atoms with van der Waals surface area (Å²) >= 11 is 7.14. The molecule has 2 rings (SSSR count). The Kier molecular flexibility index (Phi) is 4.54. The van der Waals surface area contributed by atoms with Crippen molar-refractivity contribution in [3.63, 3.8) is 0 Å². The van der Waals surface area contributed by atoms with Gasteiger partial charge in [0.25, 0.3) is 5.91 Å². The molecular weight excluding hydrogens is 298 g/mol. The van der Waals surface area contributed by atoms with Crippen molar-refractivity contribution in [1.29, 1.82) is 10.8 Å². The van der Waals surface area contributed by atoms with Crippen LogP contribution in [0.25, 0.3) is 10.2 Å². The summed E-state index contributed by atoms with van der Waals surface area (Å²) in [5, 5.41) is 18.8. The molecule has 0 aliphatic carbocycles. The Bertz CT molecular complexity index is 709. The van der Waals surface area contributed by atoms with E-state index in [9.17, 15) is 4.79 Å². The van der Waals surface area contributed by atoms with Crippen LogP contribution in [0.2, 0.25) is 5.28 Å². The Morgan fingerprint density at radius 3 is 3.05 bits per heavy atom. The number of hydrogen-bond acceptors (Lipinski definition) is 6. The average molecular weight is 308 g/mol. The maximum absolute atomic E-state index is 12.1. The van der Waals surface area contributed by atoms with Gasteiger partial charge in [-0.3, -0.25) is 4.79 Å². The summed E-state index contributed by atoms with van der Waals surface area (Å²) in [4.78, 5) is 20.0. The first-order chi connectivity index (χ1) is 9.61. The second-order valence-corrected chi connectivity index (χ2v) is 4.96. The van der Waals surface area contributed by atoms with Gasteiger partial charge in [-0.15, -0.1) is 11.3 Å². The lowest BCUT2D eigenvalue weighted by Gasteiger charge is -2.04. The van der Waals surface area contributed by atoms with E-state index in [0.29, 0.717) is 10.2 Å². The molecule has 6 nitrogen and oxygen atoms in total. The zero-order chi connectivity index (χ0) is 14.5. The van der Waals surface area contributed by atoms with E-state index in [2.05, 4.69) is 15.3 Å². The zero-order valence-electron chi connectivity index (χ0n) is 10.2. The predicted molar refractivity (Wildman–Crippen MR) is 80.4 cm³/mol. The second kappa shape index (κ2) is 6.36. The molecule has 3 N–H and O–H groups in total. The van der Waals surface area contributed by atoms with E-state index in [0.717, 1.165) is 6.21 Å². The molecule has 1 amide bonds. The summed E-state index contributed by atoms with van der Waals surface area (Å²) in [5.74, 6) is -0.408. The number of halogens is 1. The van der Waals surface area contributed by atoms with Gasteiger partial charge >= 0.3 is 0 Å². The maximum atomic E-state index is 12.1. The number of hydrogen-bond donors (Lipinski definition) is 3. The summed E-state index contributed by atoms with van der Waals surface area (Å²) in [6, 6.07) is 1.76. The van der Waals surface area contributed by atoms with E-state index < -0.39 is 5.91 Å². The molecular formula is C12H10ClN5OS. The molecule has 0 fully saturated rings. The Morgan fingerprint density at radius 1 is 1.50 bits per heavy atom. The van der Waals surface area contributed by atoms with Gasteiger partial charge in [0.15, 0.2) is 5.69 Å². The van der Waals surface area contributed by atoms with Crippen LogP contribution in [0.3, 0.4) is 0 Å². The molecule has 20 heavy (non-hydrogen) atoms. The van der Waals surface area contributed by atoms with Gasteiger partial charge in [0.1, 0.15) is 0 Å². The molecule has 2 heterocycles. The van der Waals surface area contributed by atoms with E-state index in [-0.39, 0.29) is 23.2 Å². The van der Waals surface area contributed by atoms with Crippen molar-refractivity contribution >= 4 is 51.0 Å². The number of carbonyl (C=O) groups excluding carboxylic acids is 1. The first kappa shape index (κ1) is 14.3. The van der Waals surface area contributed by atoms with E-state index in [1.54, 1.807) is 11.4 Å². The predicted octanol–water partition coefficient (Wildman–Crippen LogP) is 2.30. The minimum atomic E-state index is -0.408. The largest absolute Gasteiger partial charge is 0.345 e. The van der Waals surface area contributed by atoms with E-state index in [4.69, 9.17) is 22.4 Å². The van der Waals surface area contributed by atoms with Crippen molar-refractivity contribution in [1.82, 2.24) is 15.3 Å². The van der Waals surface area contributed by atoms with Crippen LogP contribution in [0.5, 0.6) is 0 Å². The molecule has 0 aliphatic rings. The van der Waals surface area contributed by atoms with E-state index >= 15 is 0 Å². The lowest BCUT2D eigenvalue weighted by Crippen LogP contribution is -2.29. The molecule has 0 unspecified atom stereocenters. The maximum Gasteiger partial charge on any atom is 0.271 e. The lowest BCUT2D eigenvalue weighted by molar-refractivity contribution is 0.0956. The van der Waals surface area contributed by atoms with Crippen LogP contribution in [-0.2, 0) is 0 Å². The van der Waals surface area contributed by atoms with Crippen molar-refractivity contribution in [2.24, 2.45) is 0 Å². The molecule has 2 aromatic heterocycles. The molecule has 0 saturated heterocycles. The van der Waals surface area contributed by atoms with Gasteiger partial charge in [-0.1, -0.05) is 0 Å². The third-order valence-corrected chi connectivity index (χ3v) is 3.40. The minimum Gasteiger partial charge on any atom is -0.345 e. The summed E-state index contributed by atoms with van der Waals surface area (Å²) in [6.45, 7) is 0.0532. The number of fused-ring (bicyclic) bond motifs is 1. The summed E-state index contributed by atoms with van der Waals surface area (Å²) in [5.41, 5.74) is 1.02. The fourth-order valence-corrected chi connectivity index (χ4v) is 2.46. The topological polar surface area (TPSA) is 103 Å². The Balaban J connectivity index is 2.15. The summed E-state index contributed by atoms with van der Waals surface area (Å²) in [7, 11) is 0. The van der Waals surface area contributed by atoms with Gasteiger partial charge < -0.3 is 16.1 Å². The average Bonchev–Trinajstić information content (AvgIpc) is 2.89. The highest BCUT2D eigenvalue weighted by Gasteiger charge is 2.15. The van der Waals surface area contributed by atoms with Gasteiger partial charge in [-0.25, -0.2) is 9.97 Å². The van der Waals surface area contributed by atoms with Crippen molar-refractivity contribution < 1.29 is 4.79 Å². The Hall–Kier alpha value is -2.12. The van der Waals surface area contributed by atoms with Gasteiger partial charge in [-0.2, -0.15) is 0 Å². The third-order valence-electron chi connectivity index (χ3n) is 2.32. The molecule has 102 valence electrons. The molecule has 2 aromatic rings. The van der Waals surface area contributed by atoms with Crippen molar-refractivity contribution in [2.75, 3.05) is 6.54 Å². The number of aromatic nitrogens is 2. The highest BCUT2D eigenvalue weighted by molar-refractivity contribution is 7.17. The van der Waals surface area contributed by atoms with Gasteiger partial charge in [0.2, 0.25) is 5.28 Å². The number of allylic oxidation sites excluding steroid dienone is 1. The monoisotopic (exact) mass is 307 g/mol. The molecule has 0 radical (unpaired) electrons. The molecule has 0 atom stereocenters. The second-order valence-electron chi connectivity index (χ2n) is 3.71. The van der Waals surface area contributed by atoms with Crippen LogP contribution < -0.4 is 5.32 Å². The number of nitrogens with zero attached hydrogens (tertiary/aromatic N) is 2. The Morgan fingerprint density at radius 2 is 2.30 bits per heavy atom. The molecule has 0 bridgehead atoms. The van der Waals surface area contributed by atoms with Crippen molar-refractivity contribution in [3.05, 3.63) is 34.6 Å². The van der Waals surface area contributed by atoms with Crippen LogP contribution in [0, 0.1) is 10.8 Å².